The van der Waals surface area contributed by atoms with Crippen LogP contribution in [0.5, 0.6) is 0 Å². The molecule has 0 unspecified atom stereocenters. The number of carboxylic acids is 1. The molecule has 2 atom stereocenters. The Morgan fingerprint density at radius 3 is 2.37 bits per heavy atom. The molecule has 1 N–H and O–H groups in total. The van der Waals surface area contributed by atoms with Crippen LogP contribution in [-0.2, 0) is 27.0 Å². The third kappa shape index (κ3) is 3.50. The second-order valence-corrected chi connectivity index (χ2v) is 7.21. The molecule has 1 aromatic carbocycles. The number of halogens is 3. The van der Waals surface area contributed by atoms with Crippen molar-refractivity contribution in [1.29, 1.82) is 0 Å². The topological polar surface area (TPSA) is 77.9 Å². The molecule has 2 aliphatic heterocycles. The van der Waals surface area contributed by atoms with E-state index in [1.165, 1.54) is 28.9 Å². The van der Waals surface area contributed by atoms with Gasteiger partial charge < -0.3 is 14.9 Å². The molecule has 146 valence electrons. The fraction of sp³-hybridized carbons (Fsp3) is 0.500. The molecule has 2 amide bonds. The van der Waals surface area contributed by atoms with Crippen molar-refractivity contribution in [2.24, 2.45) is 11.3 Å². The first kappa shape index (κ1) is 19.2. The van der Waals surface area contributed by atoms with Crippen LogP contribution in [0, 0.1) is 11.3 Å². The van der Waals surface area contributed by atoms with Crippen LogP contribution in [0.1, 0.15) is 18.1 Å². The monoisotopic (exact) mass is 384 g/mol. The van der Waals surface area contributed by atoms with Gasteiger partial charge in [0.15, 0.2) is 0 Å². The second-order valence-electron chi connectivity index (χ2n) is 7.21. The van der Waals surface area contributed by atoms with Crippen molar-refractivity contribution in [3.8, 4) is 0 Å². The SMILES string of the molecule is CC(=O)N1C[C@H]2CN(C(=O)Cc3cccc(C(F)(F)F)c3)C[C@@]2(C(=O)O)C1. The van der Waals surface area contributed by atoms with Gasteiger partial charge in [0.1, 0.15) is 5.41 Å². The third-order valence-corrected chi connectivity index (χ3v) is 5.44. The molecule has 2 aliphatic rings. The van der Waals surface area contributed by atoms with Gasteiger partial charge in [-0.3, -0.25) is 14.4 Å². The van der Waals surface area contributed by atoms with Crippen LogP contribution < -0.4 is 0 Å². The summed E-state index contributed by atoms with van der Waals surface area (Å²) >= 11 is 0. The average molecular weight is 384 g/mol. The molecule has 2 saturated heterocycles. The van der Waals surface area contributed by atoms with E-state index in [0.717, 1.165) is 12.1 Å². The Balaban J connectivity index is 1.73. The first-order valence-corrected chi connectivity index (χ1v) is 8.46. The van der Waals surface area contributed by atoms with Gasteiger partial charge in [-0.2, -0.15) is 13.2 Å². The standard InChI is InChI=1S/C18H19F3N2O4/c1-11(24)22-7-14-8-23(10-17(14,9-22)16(26)27)15(25)6-12-3-2-4-13(5-12)18(19,20)21/h2-5,14H,6-10H2,1H3,(H,26,27)/t14-,17-/m0/s1. The van der Waals surface area contributed by atoms with E-state index in [-0.39, 0.29) is 50.0 Å². The molecule has 27 heavy (non-hydrogen) atoms. The highest BCUT2D eigenvalue weighted by atomic mass is 19.4. The number of alkyl halides is 3. The lowest BCUT2D eigenvalue weighted by atomic mass is 9.81. The largest absolute Gasteiger partial charge is 0.481 e. The number of carbonyl (C=O) groups is 3. The molecule has 0 aromatic heterocycles. The predicted molar refractivity (Wildman–Crippen MR) is 87.5 cm³/mol. The second kappa shape index (κ2) is 6.54. The number of amides is 2. The lowest BCUT2D eigenvalue weighted by molar-refractivity contribution is -0.149. The van der Waals surface area contributed by atoms with Crippen LogP contribution >= 0.6 is 0 Å². The molecule has 6 nitrogen and oxygen atoms in total. The number of likely N-dealkylation sites (tertiary alicyclic amines) is 2. The number of benzene rings is 1. The molecule has 0 spiro atoms. The van der Waals surface area contributed by atoms with E-state index < -0.39 is 29.0 Å². The number of aliphatic carboxylic acids is 1. The summed E-state index contributed by atoms with van der Waals surface area (Å²) in [4.78, 5) is 38.8. The van der Waals surface area contributed by atoms with Crippen LogP contribution in [-0.4, -0.2) is 58.9 Å². The van der Waals surface area contributed by atoms with Gasteiger partial charge in [0.2, 0.25) is 11.8 Å². The fourth-order valence-electron chi connectivity index (χ4n) is 3.94. The average Bonchev–Trinajstić information content (AvgIpc) is 3.09. The molecule has 0 radical (unpaired) electrons. The predicted octanol–water partition coefficient (Wildman–Crippen LogP) is 1.64. The van der Waals surface area contributed by atoms with E-state index in [2.05, 4.69) is 0 Å². The molecular formula is C18H19F3N2O4. The maximum absolute atomic E-state index is 12.8. The van der Waals surface area contributed by atoms with Crippen molar-refractivity contribution >= 4 is 17.8 Å². The van der Waals surface area contributed by atoms with Crippen molar-refractivity contribution in [2.75, 3.05) is 26.2 Å². The van der Waals surface area contributed by atoms with Crippen molar-refractivity contribution in [1.82, 2.24) is 9.80 Å². The van der Waals surface area contributed by atoms with Gasteiger partial charge in [-0.25, -0.2) is 0 Å². The Bertz CT molecular complexity index is 795. The van der Waals surface area contributed by atoms with Crippen molar-refractivity contribution < 1.29 is 32.7 Å². The van der Waals surface area contributed by atoms with E-state index in [4.69, 9.17) is 0 Å². The van der Waals surface area contributed by atoms with Gasteiger partial charge in [0.25, 0.3) is 0 Å². The highest BCUT2D eigenvalue weighted by Crippen LogP contribution is 2.43. The molecule has 0 saturated carbocycles. The number of nitrogens with zero attached hydrogens (tertiary/aromatic N) is 2. The summed E-state index contributed by atoms with van der Waals surface area (Å²) in [5.41, 5.74) is -1.82. The van der Waals surface area contributed by atoms with Gasteiger partial charge in [0.05, 0.1) is 12.0 Å². The van der Waals surface area contributed by atoms with E-state index in [9.17, 15) is 32.7 Å². The summed E-state index contributed by atoms with van der Waals surface area (Å²) in [6.45, 7) is 1.79. The van der Waals surface area contributed by atoms with Gasteiger partial charge in [-0.1, -0.05) is 18.2 Å². The quantitative estimate of drug-likeness (QED) is 0.860. The number of fused-ring (bicyclic) bond motifs is 1. The number of hydrogen-bond acceptors (Lipinski definition) is 3. The number of hydrogen-bond donors (Lipinski definition) is 1. The van der Waals surface area contributed by atoms with Crippen LogP contribution in [0.4, 0.5) is 13.2 Å². The van der Waals surface area contributed by atoms with Gasteiger partial charge in [-0.15, -0.1) is 0 Å². The summed E-state index contributed by atoms with van der Waals surface area (Å²) < 4.78 is 38.4. The third-order valence-electron chi connectivity index (χ3n) is 5.44. The summed E-state index contributed by atoms with van der Waals surface area (Å²) in [6, 6.07) is 4.55. The van der Waals surface area contributed by atoms with Crippen molar-refractivity contribution in [3.05, 3.63) is 35.4 Å². The molecule has 3 rings (SSSR count). The highest BCUT2D eigenvalue weighted by Gasteiger charge is 2.59. The summed E-state index contributed by atoms with van der Waals surface area (Å²) in [7, 11) is 0. The molecule has 0 bridgehead atoms. The summed E-state index contributed by atoms with van der Waals surface area (Å²) in [5.74, 6) is -2.08. The van der Waals surface area contributed by atoms with E-state index in [0.29, 0.717) is 0 Å². The first-order valence-electron chi connectivity index (χ1n) is 8.46. The van der Waals surface area contributed by atoms with E-state index >= 15 is 0 Å². The minimum atomic E-state index is -4.49. The van der Waals surface area contributed by atoms with E-state index in [1.54, 1.807) is 0 Å². The number of carboxylic acid groups (broad SMARTS) is 1. The zero-order valence-electron chi connectivity index (χ0n) is 14.6. The fourth-order valence-corrected chi connectivity index (χ4v) is 3.94. The Kier molecular flexibility index (Phi) is 4.65. The zero-order chi connectivity index (χ0) is 20.0. The minimum absolute atomic E-state index is 0.0374. The summed E-state index contributed by atoms with van der Waals surface area (Å²) in [5, 5.41) is 9.69. The lowest BCUT2D eigenvalue weighted by Crippen LogP contribution is -2.43. The minimum Gasteiger partial charge on any atom is -0.481 e. The Hall–Kier alpha value is -2.58. The van der Waals surface area contributed by atoms with Crippen LogP contribution in [0.2, 0.25) is 0 Å². The zero-order valence-corrected chi connectivity index (χ0v) is 14.6. The van der Waals surface area contributed by atoms with Crippen LogP contribution in [0.15, 0.2) is 24.3 Å². The van der Waals surface area contributed by atoms with E-state index in [1.807, 2.05) is 0 Å². The van der Waals surface area contributed by atoms with Gasteiger partial charge in [-0.05, 0) is 11.6 Å². The van der Waals surface area contributed by atoms with Crippen molar-refractivity contribution in [3.63, 3.8) is 0 Å². The molecular weight excluding hydrogens is 365 g/mol. The van der Waals surface area contributed by atoms with Crippen LogP contribution in [0.25, 0.3) is 0 Å². The maximum atomic E-state index is 12.8. The molecule has 2 fully saturated rings. The number of carbonyl (C=O) groups excluding carboxylic acids is 2. The molecule has 1 aromatic rings. The van der Waals surface area contributed by atoms with Crippen molar-refractivity contribution in [2.45, 2.75) is 19.5 Å². The first-order chi connectivity index (χ1) is 12.5. The Morgan fingerprint density at radius 1 is 1.19 bits per heavy atom. The van der Waals surface area contributed by atoms with Gasteiger partial charge >= 0.3 is 12.1 Å². The normalized spacial score (nSPS) is 24.8. The molecule has 2 heterocycles. The smallest absolute Gasteiger partial charge is 0.416 e. The Labute approximate surface area is 153 Å². The molecule has 9 heteroatoms. The summed E-state index contributed by atoms with van der Waals surface area (Å²) in [6.07, 6.45) is -4.73. The highest BCUT2D eigenvalue weighted by molar-refractivity contribution is 5.84. The number of rotatable bonds is 3. The Morgan fingerprint density at radius 2 is 1.81 bits per heavy atom. The lowest BCUT2D eigenvalue weighted by Gasteiger charge is -2.25. The molecule has 0 aliphatic carbocycles. The maximum Gasteiger partial charge on any atom is 0.416 e. The van der Waals surface area contributed by atoms with Gasteiger partial charge in [0, 0.05) is 39.0 Å². The van der Waals surface area contributed by atoms with Crippen LogP contribution in [0.3, 0.4) is 0 Å².